The van der Waals surface area contributed by atoms with E-state index in [2.05, 4.69) is 44.3 Å². The highest BCUT2D eigenvalue weighted by Gasteiger charge is 2.41. The Hall–Kier alpha value is -4.00. The third kappa shape index (κ3) is 10.1. The van der Waals surface area contributed by atoms with Crippen LogP contribution in [0.15, 0.2) is 97.1 Å². The molecule has 3 aromatic rings. The Bertz CT molecular complexity index is 1510. The van der Waals surface area contributed by atoms with Gasteiger partial charge in [0, 0.05) is 5.41 Å². The second kappa shape index (κ2) is 18.5. The number of aryl methyl sites for hydroxylation is 2. The number of ether oxygens (including phenoxy) is 2. The molecule has 2 saturated carbocycles. The van der Waals surface area contributed by atoms with Crippen LogP contribution in [0.3, 0.4) is 0 Å². The maximum Gasteiger partial charge on any atom is 0.341 e. The molecule has 0 amide bonds. The highest BCUT2D eigenvalue weighted by atomic mass is 16.5. The molecule has 51 heavy (non-hydrogen) atoms. The van der Waals surface area contributed by atoms with Crippen LogP contribution < -0.4 is 9.47 Å². The third-order valence-electron chi connectivity index (χ3n) is 11.6. The predicted octanol–water partition coefficient (Wildman–Crippen LogP) is 9.24. The molecular weight excluding hydrogens is 636 g/mol. The van der Waals surface area contributed by atoms with Crippen molar-refractivity contribution in [3.8, 4) is 11.5 Å². The van der Waals surface area contributed by atoms with Gasteiger partial charge in [0.1, 0.15) is 11.5 Å². The van der Waals surface area contributed by atoms with Gasteiger partial charge < -0.3 is 19.7 Å². The number of rotatable bonds is 16. The van der Waals surface area contributed by atoms with Crippen molar-refractivity contribution in [1.82, 2.24) is 0 Å². The first kappa shape index (κ1) is 38.2. The summed E-state index contributed by atoms with van der Waals surface area (Å²) in [5.74, 6) is 1.82. The van der Waals surface area contributed by atoms with Crippen molar-refractivity contribution in [2.45, 2.75) is 102 Å². The maximum absolute atomic E-state index is 12.2. The van der Waals surface area contributed by atoms with E-state index in [1.165, 1.54) is 75.3 Å². The minimum Gasteiger partial charge on any atom is -0.423 e. The fourth-order valence-corrected chi connectivity index (χ4v) is 8.29. The van der Waals surface area contributed by atoms with Gasteiger partial charge in [-0.25, -0.2) is 9.59 Å². The summed E-state index contributed by atoms with van der Waals surface area (Å²) in [6, 6.07) is 24.8. The van der Waals surface area contributed by atoms with Gasteiger partial charge >= 0.3 is 11.9 Å². The van der Waals surface area contributed by atoms with E-state index < -0.39 is 25.2 Å². The first-order valence-corrected chi connectivity index (χ1v) is 19.0. The van der Waals surface area contributed by atoms with Crippen LogP contribution in [0.4, 0.5) is 0 Å². The van der Waals surface area contributed by atoms with Crippen LogP contribution in [0.25, 0.3) is 0 Å². The second-order valence-electron chi connectivity index (χ2n) is 14.9. The largest absolute Gasteiger partial charge is 0.423 e. The first-order valence-electron chi connectivity index (χ1n) is 19.0. The first-order chi connectivity index (χ1) is 24.7. The minimum absolute atomic E-state index is 0.00838. The van der Waals surface area contributed by atoms with E-state index in [1.807, 2.05) is 48.5 Å². The van der Waals surface area contributed by atoms with Crippen molar-refractivity contribution in [3.05, 3.63) is 119 Å². The molecule has 0 aromatic heterocycles. The van der Waals surface area contributed by atoms with E-state index >= 15 is 0 Å². The fourth-order valence-electron chi connectivity index (χ4n) is 8.29. The number of carbonyl (C=O) groups is 2. The Morgan fingerprint density at radius 3 is 1.55 bits per heavy atom. The van der Waals surface area contributed by atoms with Gasteiger partial charge in [-0.15, -0.1) is 0 Å². The SMILES string of the molecule is C=C(CO)C(=O)Oc1ccc(C2(c3ccc(OC(=O)C(=C)CO)cc3)CCC(C3CCC(CCc4ccc(CCCCC)cc4)CC3)CC2)cc1. The van der Waals surface area contributed by atoms with Crippen LogP contribution in [-0.4, -0.2) is 35.4 Å². The summed E-state index contributed by atoms with van der Waals surface area (Å²) in [6.45, 7) is 8.48. The number of aliphatic hydroxyl groups excluding tert-OH is 2. The van der Waals surface area contributed by atoms with Crippen molar-refractivity contribution in [3.63, 3.8) is 0 Å². The van der Waals surface area contributed by atoms with E-state index in [9.17, 15) is 19.8 Å². The lowest BCUT2D eigenvalue weighted by Crippen LogP contribution is -2.36. The fraction of sp³-hybridized carbons (Fsp3) is 0.467. The molecule has 0 bridgehead atoms. The maximum atomic E-state index is 12.2. The Morgan fingerprint density at radius 1 is 0.647 bits per heavy atom. The second-order valence-corrected chi connectivity index (χ2v) is 14.9. The molecule has 0 aliphatic heterocycles. The zero-order valence-electron chi connectivity index (χ0n) is 30.4. The summed E-state index contributed by atoms with van der Waals surface area (Å²) in [6.07, 6.45) is 17.1. The highest BCUT2D eigenvalue weighted by molar-refractivity contribution is 5.90. The molecule has 2 N–H and O–H groups in total. The number of hydrogen-bond acceptors (Lipinski definition) is 6. The Kier molecular flexibility index (Phi) is 13.9. The van der Waals surface area contributed by atoms with Crippen LogP contribution >= 0.6 is 0 Å². The van der Waals surface area contributed by atoms with Crippen molar-refractivity contribution in [2.75, 3.05) is 13.2 Å². The summed E-state index contributed by atoms with van der Waals surface area (Å²) in [7, 11) is 0. The summed E-state index contributed by atoms with van der Waals surface area (Å²) >= 11 is 0. The quantitative estimate of drug-likeness (QED) is 0.0673. The molecule has 0 unspecified atom stereocenters. The Labute approximate surface area is 304 Å². The summed E-state index contributed by atoms with van der Waals surface area (Å²) in [5.41, 5.74) is 5.02. The molecular formula is C45H56O6. The summed E-state index contributed by atoms with van der Waals surface area (Å²) < 4.78 is 10.9. The van der Waals surface area contributed by atoms with E-state index in [-0.39, 0.29) is 16.6 Å². The molecule has 272 valence electrons. The Balaban J connectivity index is 1.21. The zero-order chi connectivity index (χ0) is 36.2. The van der Waals surface area contributed by atoms with Gasteiger partial charge in [0.15, 0.2) is 0 Å². The average molecular weight is 693 g/mol. The molecule has 2 aliphatic carbocycles. The van der Waals surface area contributed by atoms with Gasteiger partial charge in [-0.1, -0.05) is 94.3 Å². The monoisotopic (exact) mass is 692 g/mol. The smallest absolute Gasteiger partial charge is 0.341 e. The standard InChI is InChI=1S/C45H56O6/c1-4-5-6-7-34-8-10-35(11-9-34)12-13-36-14-16-37(17-15-36)38-26-28-45(29-27-38,39-18-22-41(23-19-39)50-43(48)32(2)30-46)40-20-24-42(25-21-40)51-44(49)33(3)31-47/h8-11,18-25,36-38,46-47H,2-7,12-17,26-31H2,1H3. The van der Waals surface area contributed by atoms with Crippen LogP contribution in [0.1, 0.15) is 106 Å². The van der Waals surface area contributed by atoms with Crippen LogP contribution in [-0.2, 0) is 27.8 Å². The number of unbranched alkanes of at least 4 members (excludes halogenated alkanes) is 2. The van der Waals surface area contributed by atoms with Gasteiger partial charge in [0.2, 0.25) is 0 Å². The van der Waals surface area contributed by atoms with Crippen LogP contribution in [0, 0.1) is 17.8 Å². The van der Waals surface area contributed by atoms with Crippen LogP contribution in [0.5, 0.6) is 11.5 Å². The molecule has 2 aliphatic rings. The van der Waals surface area contributed by atoms with Crippen molar-refractivity contribution in [2.24, 2.45) is 17.8 Å². The van der Waals surface area contributed by atoms with Crippen molar-refractivity contribution >= 4 is 11.9 Å². The molecule has 6 nitrogen and oxygen atoms in total. The third-order valence-corrected chi connectivity index (χ3v) is 11.6. The highest BCUT2D eigenvalue weighted by Crippen LogP contribution is 2.50. The lowest BCUT2D eigenvalue weighted by atomic mass is 9.60. The number of benzene rings is 3. The Morgan fingerprint density at radius 2 is 1.10 bits per heavy atom. The van der Waals surface area contributed by atoms with Gasteiger partial charge in [0.25, 0.3) is 0 Å². The molecule has 0 saturated heterocycles. The summed E-state index contributed by atoms with van der Waals surface area (Å²) in [5, 5.41) is 18.5. The molecule has 5 rings (SSSR count). The lowest BCUT2D eigenvalue weighted by Gasteiger charge is -2.44. The topological polar surface area (TPSA) is 93.1 Å². The lowest BCUT2D eigenvalue weighted by molar-refractivity contribution is -0.131. The number of carbonyl (C=O) groups excluding carboxylic acids is 2. The average Bonchev–Trinajstić information content (AvgIpc) is 3.17. The minimum atomic E-state index is -0.643. The van der Waals surface area contributed by atoms with E-state index in [0.29, 0.717) is 17.4 Å². The normalized spacial score (nSPS) is 18.9. The number of aliphatic hydroxyl groups is 2. The zero-order valence-corrected chi connectivity index (χ0v) is 30.4. The molecule has 0 radical (unpaired) electrons. The molecule has 2 fully saturated rings. The van der Waals surface area contributed by atoms with Gasteiger partial charge in [-0.3, -0.25) is 0 Å². The van der Waals surface area contributed by atoms with Crippen molar-refractivity contribution < 1.29 is 29.3 Å². The van der Waals surface area contributed by atoms with E-state index in [4.69, 9.17) is 9.47 Å². The van der Waals surface area contributed by atoms with Crippen molar-refractivity contribution in [1.29, 1.82) is 0 Å². The van der Waals surface area contributed by atoms with Gasteiger partial charge in [-0.2, -0.15) is 0 Å². The molecule has 6 heteroatoms. The molecule has 3 aromatic carbocycles. The number of hydrogen-bond donors (Lipinski definition) is 2. The molecule has 0 atom stereocenters. The van der Waals surface area contributed by atoms with Gasteiger partial charge in [0.05, 0.1) is 24.4 Å². The van der Waals surface area contributed by atoms with Crippen LogP contribution in [0.2, 0.25) is 0 Å². The van der Waals surface area contributed by atoms with E-state index in [0.717, 1.165) is 48.6 Å². The molecule has 0 spiro atoms. The number of esters is 2. The molecule has 0 heterocycles. The van der Waals surface area contributed by atoms with E-state index in [1.54, 1.807) is 0 Å². The summed E-state index contributed by atoms with van der Waals surface area (Å²) in [4.78, 5) is 24.4. The predicted molar refractivity (Wildman–Crippen MR) is 203 cm³/mol. The van der Waals surface area contributed by atoms with Gasteiger partial charge in [-0.05, 0) is 128 Å².